The van der Waals surface area contributed by atoms with Crippen LogP contribution in [0.1, 0.15) is 19.3 Å². The first-order valence-electron chi connectivity index (χ1n) is 4.91. The zero-order valence-corrected chi connectivity index (χ0v) is 7.75. The molecule has 2 aliphatic rings. The van der Waals surface area contributed by atoms with Gasteiger partial charge in [-0.15, -0.1) is 0 Å². The van der Waals surface area contributed by atoms with Crippen LogP contribution in [0.4, 0.5) is 4.79 Å². The van der Waals surface area contributed by atoms with E-state index in [9.17, 15) is 4.79 Å². The van der Waals surface area contributed by atoms with E-state index in [1.807, 2.05) is 0 Å². The third-order valence-electron chi connectivity index (χ3n) is 3.26. The topological polar surface area (TPSA) is 52.6 Å². The summed E-state index contributed by atoms with van der Waals surface area (Å²) in [5.41, 5.74) is 0.261. The third kappa shape index (κ3) is 1.63. The molecule has 2 rings (SSSR count). The number of likely N-dealkylation sites (tertiary alicyclic amines) is 1. The highest BCUT2D eigenvalue weighted by Crippen LogP contribution is 2.35. The molecule has 0 aromatic heterocycles. The Morgan fingerprint density at radius 1 is 1.46 bits per heavy atom. The molecule has 13 heavy (non-hydrogen) atoms. The van der Waals surface area contributed by atoms with Crippen molar-refractivity contribution in [3.05, 3.63) is 0 Å². The largest absolute Gasteiger partial charge is 0.465 e. The zero-order valence-electron chi connectivity index (χ0n) is 7.75. The minimum Gasteiger partial charge on any atom is -0.465 e. The van der Waals surface area contributed by atoms with E-state index in [-0.39, 0.29) is 5.41 Å². The Labute approximate surface area is 77.9 Å². The molecule has 2 heterocycles. The monoisotopic (exact) mass is 184 g/mol. The summed E-state index contributed by atoms with van der Waals surface area (Å²) in [4.78, 5) is 12.4. The van der Waals surface area contributed by atoms with Gasteiger partial charge >= 0.3 is 6.09 Å². The fourth-order valence-electron chi connectivity index (χ4n) is 2.52. The lowest BCUT2D eigenvalue weighted by Gasteiger charge is -2.38. The summed E-state index contributed by atoms with van der Waals surface area (Å²) in [6, 6.07) is 0. The zero-order chi connectivity index (χ0) is 9.31. The molecule has 4 heteroatoms. The smallest absolute Gasteiger partial charge is 0.407 e. The molecule has 2 fully saturated rings. The fourth-order valence-corrected chi connectivity index (χ4v) is 2.52. The number of piperidine rings is 1. The maximum Gasteiger partial charge on any atom is 0.407 e. The first kappa shape index (κ1) is 8.81. The molecule has 0 aliphatic carbocycles. The van der Waals surface area contributed by atoms with E-state index in [0.717, 1.165) is 39.0 Å². The molecule has 1 spiro atoms. The SMILES string of the molecule is O=C(O)N1CCC[C@]2(CCNC2)C1. The molecule has 2 N–H and O–H groups in total. The number of nitrogens with one attached hydrogen (secondary N) is 1. The van der Waals surface area contributed by atoms with Gasteiger partial charge in [-0.05, 0) is 25.8 Å². The van der Waals surface area contributed by atoms with Gasteiger partial charge in [-0.25, -0.2) is 4.79 Å². The summed E-state index contributed by atoms with van der Waals surface area (Å²) in [5.74, 6) is 0. The highest BCUT2D eigenvalue weighted by Gasteiger charge is 2.39. The van der Waals surface area contributed by atoms with Gasteiger partial charge in [0.15, 0.2) is 0 Å². The highest BCUT2D eigenvalue weighted by atomic mass is 16.4. The van der Waals surface area contributed by atoms with Gasteiger partial charge in [0, 0.05) is 25.0 Å². The minimum absolute atomic E-state index is 0.261. The Kier molecular flexibility index (Phi) is 2.15. The number of hydrogen-bond donors (Lipinski definition) is 2. The van der Waals surface area contributed by atoms with Crippen LogP contribution in [0.5, 0.6) is 0 Å². The lowest BCUT2D eigenvalue weighted by atomic mass is 9.79. The van der Waals surface area contributed by atoms with Crippen LogP contribution in [0.15, 0.2) is 0 Å². The van der Waals surface area contributed by atoms with Crippen LogP contribution in [0, 0.1) is 5.41 Å². The van der Waals surface area contributed by atoms with Crippen LogP contribution in [-0.4, -0.2) is 42.3 Å². The molecule has 2 aliphatic heterocycles. The van der Waals surface area contributed by atoms with E-state index in [1.165, 1.54) is 6.42 Å². The maximum absolute atomic E-state index is 10.8. The normalized spacial score (nSPS) is 34.0. The Balaban J connectivity index is 2.02. The molecule has 74 valence electrons. The van der Waals surface area contributed by atoms with Gasteiger partial charge in [0.1, 0.15) is 0 Å². The second kappa shape index (κ2) is 3.18. The Morgan fingerprint density at radius 2 is 2.31 bits per heavy atom. The number of carbonyl (C=O) groups is 1. The average molecular weight is 184 g/mol. The van der Waals surface area contributed by atoms with Gasteiger partial charge in [0.05, 0.1) is 0 Å². The van der Waals surface area contributed by atoms with Crippen molar-refractivity contribution in [3.63, 3.8) is 0 Å². The van der Waals surface area contributed by atoms with Crippen LogP contribution in [-0.2, 0) is 0 Å². The third-order valence-corrected chi connectivity index (χ3v) is 3.26. The second-order valence-corrected chi connectivity index (χ2v) is 4.23. The molecule has 0 radical (unpaired) electrons. The van der Waals surface area contributed by atoms with Crippen molar-refractivity contribution in [2.24, 2.45) is 5.41 Å². The van der Waals surface area contributed by atoms with Crippen molar-refractivity contribution < 1.29 is 9.90 Å². The van der Waals surface area contributed by atoms with Crippen molar-refractivity contribution in [2.75, 3.05) is 26.2 Å². The standard InChI is InChI=1S/C9H16N2O2/c12-8(13)11-5-1-2-9(7-11)3-4-10-6-9/h10H,1-7H2,(H,12,13)/t9-/m1/s1. The Morgan fingerprint density at radius 3 is 2.92 bits per heavy atom. The molecule has 0 bridgehead atoms. The lowest BCUT2D eigenvalue weighted by Crippen LogP contribution is -2.46. The molecule has 1 amide bonds. The lowest BCUT2D eigenvalue weighted by molar-refractivity contribution is 0.0871. The molecular formula is C9H16N2O2. The van der Waals surface area contributed by atoms with Crippen molar-refractivity contribution >= 4 is 6.09 Å². The second-order valence-electron chi connectivity index (χ2n) is 4.23. The molecular weight excluding hydrogens is 168 g/mol. The van der Waals surface area contributed by atoms with E-state index >= 15 is 0 Å². The van der Waals surface area contributed by atoms with E-state index in [4.69, 9.17) is 5.11 Å². The summed E-state index contributed by atoms with van der Waals surface area (Å²) in [6.45, 7) is 3.50. The van der Waals surface area contributed by atoms with Crippen LogP contribution < -0.4 is 5.32 Å². The van der Waals surface area contributed by atoms with Gasteiger partial charge < -0.3 is 15.3 Å². The van der Waals surface area contributed by atoms with Crippen LogP contribution in [0.25, 0.3) is 0 Å². The van der Waals surface area contributed by atoms with Crippen LogP contribution in [0.3, 0.4) is 0 Å². The maximum atomic E-state index is 10.8. The predicted octanol–water partition coefficient (Wildman–Crippen LogP) is 0.740. The van der Waals surface area contributed by atoms with Crippen molar-refractivity contribution in [3.8, 4) is 0 Å². The fraction of sp³-hybridized carbons (Fsp3) is 0.889. The Bertz CT molecular complexity index is 212. The molecule has 2 saturated heterocycles. The molecule has 0 unspecified atom stereocenters. The highest BCUT2D eigenvalue weighted by molar-refractivity contribution is 5.65. The first-order valence-corrected chi connectivity index (χ1v) is 4.91. The Hall–Kier alpha value is -0.770. The number of nitrogens with zero attached hydrogens (tertiary/aromatic N) is 1. The summed E-state index contributed by atoms with van der Waals surface area (Å²) in [5, 5.41) is 12.2. The number of hydrogen-bond acceptors (Lipinski definition) is 2. The van der Waals surface area contributed by atoms with Crippen LogP contribution >= 0.6 is 0 Å². The predicted molar refractivity (Wildman–Crippen MR) is 48.8 cm³/mol. The summed E-state index contributed by atoms with van der Waals surface area (Å²) in [7, 11) is 0. The summed E-state index contributed by atoms with van der Waals surface area (Å²) >= 11 is 0. The van der Waals surface area contributed by atoms with Gasteiger partial charge in [-0.3, -0.25) is 0 Å². The average Bonchev–Trinajstić information content (AvgIpc) is 2.53. The number of carboxylic acid groups (broad SMARTS) is 1. The van der Waals surface area contributed by atoms with Gasteiger partial charge in [-0.1, -0.05) is 0 Å². The van der Waals surface area contributed by atoms with Crippen molar-refractivity contribution in [2.45, 2.75) is 19.3 Å². The van der Waals surface area contributed by atoms with Gasteiger partial charge in [-0.2, -0.15) is 0 Å². The number of amides is 1. The van der Waals surface area contributed by atoms with Crippen molar-refractivity contribution in [1.82, 2.24) is 10.2 Å². The van der Waals surface area contributed by atoms with E-state index in [0.29, 0.717) is 0 Å². The summed E-state index contributed by atoms with van der Waals surface area (Å²) in [6.07, 6.45) is 2.58. The minimum atomic E-state index is -0.758. The first-order chi connectivity index (χ1) is 6.22. The van der Waals surface area contributed by atoms with Crippen LogP contribution in [0.2, 0.25) is 0 Å². The van der Waals surface area contributed by atoms with E-state index in [1.54, 1.807) is 4.90 Å². The molecule has 0 aromatic rings. The van der Waals surface area contributed by atoms with Gasteiger partial charge in [0.2, 0.25) is 0 Å². The number of rotatable bonds is 0. The van der Waals surface area contributed by atoms with E-state index in [2.05, 4.69) is 5.32 Å². The molecule has 0 saturated carbocycles. The summed E-state index contributed by atoms with van der Waals surface area (Å²) < 4.78 is 0. The molecule has 0 aromatic carbocycles. The molecule has 4 nitrogen and oxygen atoms in total. The van der Waals surface area contributed by atoms with E-state index < -0.39 is 6.09 Å². The quantitative estimate of drug-likeness (QED) is 0.584. The molecule has 1 atom stereocenters. The van der Waals surface area contributed by atoms with Gasteiger partial charge in [0.25, 0.3) is 0 Å². The van der Waals surface area contributed by atoms with Crippen molar-refractivity contribution in [1.29, 1.82) is 0 Å².